The number of benzene rings is 2. The van der Waals surface area contributed by atoms with Gasteiger partial charge in [0.05, 0.1) is 11.6 Å². The summed E-state index contributed by atoms with van der Waals surface area (Å²) in [5, 5.41) is 8.90. The van der Waals surface area contributed by atoms with E-state index in [1.54, 1.807) is 12.1 Å². The van der Waals surface area contributed by atoms with Crippen molar-refractivity contribution in [3.63, 3.8) is 0 Å². The molecule has 3 nitrogen and oxygen atoms in total. The van der Waals surface area contributed by atoms with Crippen LogP contribution in [-0.4, -0.2) is 9.97 Å². The fourth-order valence-corrected chi connectivity index (χ4v) is 4.08. The molecule has 0 amide bonds. The fraction of sp³-hybridized carbons (Fsp3) is 0.292. The largest absolute Gasteiger partial charge is 0.236 e. The highest BCUT2D eigenvalue weighted by molar-refractivity contribution is 5.56. The number of nitriles is 1. The van der Waals surface area contributed by atoms with E-state index in [4.69, 9.17) is 5.26 Å². The van der Waals surface area contributed by atoms with Gasteiger partial charge in [-0.2, -0.15) is 5.26 Å². The van der Waals surface area contributed by atoms with Gasteiger partial charge in [0.2, 0.25) is 0 Å². The molecule has 2 aromatic carbocycles. The SMILES string of the molecule is Cc1cccc([C@H]2CC[C@H](c3cnc(-c4ccc(C#N)cc4)nc3)CC2)c1. The lowest BCUT2D eigenvalue weighted by molar-refractivity contribution is 0.395. The Morgan fingerprint density at radius 1 is 0.852 bits per heavy atom. The van der Waals surface area contributed by atoms with E-state index in [2.05, 4.69) is 47.2 Å². The molecule has 1 heterocycles. The van der Waals surface area contributed by atoms with E-state index in [1.165, 1.54) is 42.4 Å². The monoisotopic (exact) mass is 353 g/mol. The molecule has 0 bridgehead atoms. The van der Waals surface area contributed by atoms with Gasteiger partial charge in [0.1, 0.15) is 0 Å². The van der Waals surface area contributed by atoms with Crippen molar-refractivity contribution in [3.05, 3.63) is 83.2 Å². The maximum absolute atomic E-state index is 8.90. The summed E-state index contributed by atoms with van der Waals surface area (Å²) in [5.74, 6) is 1.96. The molecule has 3 heteroatoms. The van der Waals surface area contributed by atoms with Gasteiger partial charge in [0.15, 0.2) is 5.82 Å². The second-order valence-electron chi connectivity index (χ2n) is 7.49. The minimum absolute atomic E-state index is 0.557. The Morgan fingerprint density at radius 2 is 1.48 bits per heavy atom. The Kier molecular flexibility index (Phi) is 4.98. The van der Waals surface area contributed by atoms with E-state index in [0.29, 0.717) is 17.4 Å². The minimum Gasteiger partial charge on any atom is -0.236 e. The third kappa shape index (κ3) is 3.90. The number of aromatic nitrogens is 2. The van der Waals surface area contributed by atoms with Gasteiger partial charge in [-0.05, 0) is 79.8 Å². The van der Waals surface area contributed by atoms with Crippen LogP contribution in [0.15, 0.2) is 60.9 Å². The summed E-state index contributed by atoms with van der Waals surface area (Å²) in [5.41, 5.74) is 5.68. The molecule has 1 aromatic heterocycles. The second-order valence-corrected chi connectivity index (χ2v) is 7.49. The molecule has 134 valence electrons. The zero-order valence-corrected chi connectivity index (χ0v) is 15.6. The van der Waals surface area contributed by atoms with E-state index in [0.717, 1.165) is 11.4 Å². The number of hydrogen-bond donors (Lipinski definition) is 0. The number of aryl methyl sites for hydroxylation is 1. The normalized spacial score (nSPS) is 19.4. The smallest absolute Gasteiger partial charge is 0.159 e. The standard InChI is InChI=1S/C24H23N3/c1-17-3-2-4-22(13-17)19-9-11-20(12-10-19)23-15-26-24(27-16-23)21-7-5-18(14-25)6-8-21/h2-8,13,15-16,19-20H,9-12H2,1H3/t19-,20-. The molecule has 0 atom stereocenters. The van der Waals surface area contributed by atoms with Crippen molar-refractivity contribution in [1.82, 2.24) is 9.97 Å². The molecule has 0 aliphatic heterocycles. The van der Waals surface area contributed by atoms with Crippen molar-refractivity contribution in [2.45, 2.75) is 44.4 Å². The van der Waals surface area contributed by atoms with Gasteiger partial charge in [0, 0.05) is 18.0 Å². The van der Waals surface area contributed by atoms with Crippen molar-refractivity contribution in [3.8, 4) is 17.5 Å². The van der Waals surface area contributed by atoms with Crippen LogP contribution in [0.2, 0.25) is 0 Å². The predicted octanol–water partition coefficient (Wildman–Crippen LogP) is 5.77. The third-order valence-corrected chi connectivity index (χ3v) is 5.66. The van der Waals surface area contributed by atoms with Gasteiger partial charge < -0.3 is 0 Å². The van der Waals surface area contributed by atoms with Crippen LogP contribution in [0.3, 0.4) is 0 Å². The number of rotatable bonds is 3. The first kappa shape index (κ1) is 17.4. The van der Waals surface area contributed by atoms with Crippen LogP contribution >= 0.6 is 0 Å². The quantitative estimate of drug-likeness (QED) is 0.601. The van der Waals surface area contributed by atoms with E-state index >= 15 is 0 Å². The Bertz CT molecular complexity index is 944. The third-order valence-electron chi connectivity index (χ3n) is 5.66. The number of hydrogen-bond acceptors (Lipinski definition) is 3. The molecule has 1 saturated carbocycles. The molecule has 1 aliphatic carbocycles. The average molecular weight is 353 g/mol. The molecule has 4 rings (SSSR count). The first-order valence-electron chi connectivity index (χ1n) is 9.62. The number of nitrogens with zero attached hydrogens (tertiary/aromatic N) is 3. The maximum Gasteiger partial charge on any atom is 0.159 e. The average Bonchev–Trinajstić information content (AvgIpc) is 2.74. The summed E-state index contributed by atoms with van der Waals surface area (Å²) < 4.78 is 0. The molecule has 0 radical (unpaired) electrons. The van der Waals surface area contributed by atoms with Gasteiger partial charge in [-0.3, -0.25) is 0 Å². The summed E-state index contributed by atoms with van der Waals surface area (Å²) in [6, 6.07) is 18.5. The summed E-state index contributed by atoms with van der Waals surface area (Å²) in [4.78, 5) is 9.15. The molecule has 0 unspecified atom stereocenters. The molecule has 0 spiro atoms. The maximum atomic E-state index is 8.90. The van der Waals surface area contributed by atoms with E-state index < -0.39 is 0 Å². The van der Waals surface area contributed by atoms with E-state index in [-0.39, 0.29) is 0 Å². The Labute approximate surface area is 160 Å². The van der Waals surface area contributed by atoms with Gasteiger partial charge in [-0.25, -0.2) is 9.97 Å². The zero-order chi connectivity index (χ0) is 18.6. The Balaban J connectivity index is 1.42. The molecular weight excluding hydrogens is 330 g/mol. The topological polar surface area (TPSA) is 49.6 Å². The lowest BCUT2D eigenvalue weighted by Crippen LogP contribution is -2.12. The highest BCUT2D eigenvalue weighted by Gasteiger charge is 2.24. The van der Waals surface area contributed by atoms with Crippen LogP contribution in [0.5, 0.6) is 0 Å². The Hall–Kier alpha value is -2.99. The van der Waals surface area contributed by atoms with Crippen molar-refractivity contribution in [2.24, 2.45) is 0 Å². The molecule has 0 saturated heterocycles. The summed E-state index contributed by atoms with van der Waals surface area (Å²) in [6.07, 6.45) is 8.81. The Morgan fingerprint density at radius 3 is 2.07 bits per heavy atom. The highest BCUT2D eigenvalue weighted by Crippen LogP contribution is 2.40. The molecular formula is C24H23N3. The van der Waals surface area contributed by atoms with E-state index in [9.17, 15) is 0 Å². The second kappa shape index (κ2) is 7.72. The first-order valence-corrected chi connectivity index (χ1v) is 9.62. The van der Waals surface area contributed by atoms with Crippen LogP contribution in [0.1, 0.15) is 59.8 Å². The lowest BCUT2D eigenvalue weighted by Gasteiger charge is -2.29. The molecule has 1 aliphatic rings. The van der Waals surface area contributed by atoms with Crippen molar-refractivity contribution in [2.75, 3.05) is 0 Å². The lowest BCUT2D eigenvalue weighted by atomic mass is 9.76. The first-order chi connectivity index (χ1) is 13.2. The molecule has 3 aromatic rings. The van der Waals surface area contributed by atoms with Gasteiger partial charge in [-0.15, -0.1) is 0 Å². The fourth-order valence-electron chi connectivity index (χ4n) is 4.08. The molecule has 0 N–H and O–H groups in total. The minimum atomic E-state index is 0.557. The van der Waals surface area contributed by atoms with E-state index in [1.807, 2.05) is 24.5 Å². The molecule has 1 fully saturated rings. The summed E-state index contributed by atoms with van der Waals surface area (Å²) in [7, 11) is 0. The van der Waals surface area contributed by atoms with Gasteiger partial charge in [0.25, 0.3) is 0 Å². The van der Waals surface area contributed by atoms with Crippen LogP contribution in [-0.2, 0) is 0 Å². The van der Waals surface area contributed by atoms with Crippen LogP contribution in [0, 0.1) is 18.3 Å². The summed E-state index contributed by atoms with van der Waals surface area (Å²) in [6.45, 7) is 2.17. The van der Waals surface area contributed by atoms with Crippen molar-refractivity contribution < 1.29 is 0 Å². The van der Waals surface area contributed by atoms with Gasteiger partial charge in [-0.1, -0.05) is 29.8 Å². The highest BCUT2D eigenvalue weighted by atomic mass is 14.9. The van der Waals surface area contributed by atoms with Gasteiger partial charge >= 0.3 is 0 Å². The van der Waals surface area contributed by atoms with Crippen LogP contribution in [0.4, 0.5) is 0 Å². The predicted molar refractivity (Wildman–Crippen MR) is 107 cm³/mol. The molecule has 27 heavy (non-hydrogen) atoms. The zero-order valence-electron chi connectivity index (χ0n) is 15.6. The summed E-state index contributed by atoms with van der Waals surface area (Å²) >= 11 is 0. The van der Waals surface area contributed by atoms with Crippen LogP contribution in [0.25, 0.3) is 11.4 Å². The van der Waals surface area contributed by atoms with Crippen LogP contribution < -0.4 is 0 Å². The van der Waals surface area contributed by atoms with Crippen molar-refractivity contribution in [1.29, 1.82) is 5.26 Å². The van der Waals surface area contributed by atoms with Crippen molar-refractivity contribution >= 4 is 0 Å².